The quantitative estimate of drug-likeness (QED) is 0.314. The van der Waals surface area contributed by atoms with E-state index in [4.69, 9.17) is 11.6 Å². The molecule has 3 aromatic rings. The van der Waals surface area contributed by atoms with E-state index >= 15 is 0 Å². The van der Waals surface area contributed by atoms with Crippen LogP contribution in [0.2, 0.25) is 5.02 Å². The fourth-order valence-corrected chi connectivity index (χ4v) is 12.1. The van der Waals surface area contributed by atoms with Crippen LogP contribution in [-0.4, -0.2) is 122 Å². The van der Waals surface area contributed by atoms with Crippen molar-refractivity contribution in [1.29, 1.82) is 5.26 Å². The van der Waals surface area contributed by atoms with E-state index in [0.29, 0.717) is 27.8 Å². The van der Waals surface area contributed by atoms with E-state index in [9.17, 15) is 29.2 Å². The summed E-state index contributed by atoms with van der Waals surface area (Å²) in [7, 11) is 0. The Labute approximate surface area is 367 Å². The Kier molecular flexibility index (Phi) is 9.91. The summed E-state index contributed by atoms with van der Waals surface area (Å²) in [4.78, 5) is 77.7. The van der Waals surface area contributed by atoms with Crippen LogP contribution in [0.1, 0.15) is 95.4 Å². The number of nitriles is 1. The molecule has 7 aliphatic rings. The van der Waals surface area contributed by atoms with Gasteiger partial charge in [0.15, 0.2) is 0 Å². The molecule has 3 atom stereocenters. The topological polar surface area (TPSA) is 141 Å². The second kappa shape index (κ2) is 15.1. The van der Waals surface area contributed by atoms with Gasteiger partial charge in [-0.25, -0.2) is 0 Å². The summed E-state index contributed by atoms with van der Waals surface area (Å²) in [5, 5.41) is 12.0. The van der Waals surface area contributed by atoms with Crippen LogP contribution in [0.15, 0.2) is 60.7 Å². The zero-order valence-corrected chi connectivity index (χ0v) is 36.3. The maximum Gasteiger partial charge on any atom is 0.262 e. The lowest BCUT2D eigenvalue weighted by atomic mass is 9.71. The van der Waals surface area contributed by atoms with Gasteiger partial charge < -0.3 is 19.6 Å². The van der Waals surface area contributed by atoms with Gasteiger partial charge in [0.25, 0.3) is 17.7 Å². The number of rotatable bonds is 6. The third-order valence-electron chi connectivity index (χ3n) is 15.9. The number of likely N-dealkylation sites (tertiary alicyclic amines) is 2. The van der Waals surface area contributed by atoms with E-state index in [-0.39, 0.29) is 35.0 Å². The summed E-state index contributed by atoms with van der Waals surface area (Å²) in [5.74, 6) is -1.86. The predicted molar refractivity (Wildman–Crippen MR) is 235 cm³/mol. The van der Waals surface area contributed by atoms with Crippen LogP contribution in [0.25, 0.3) is 0 Å². The first-order chi connectivity index (χ1) is 29.8. The molecule has 322 valence electrons. The van der Waals surface area contributed by atoms with E-state index in [1.54, 1.807) is 12.1 Å². The third-order valence-corrected chi connectivity index (χ3v) is 16.2. The number of fused-ring (bicyclic) bond motifs is 2. The number of carbonyl (C=O) groups excluding carboxylic acids is 5. The maximum atomic E-state index is 14.0. The van der Waals surface area contributed by atoms with E-state index in [0.717, 1.165) is 119 Å². The Morgan fingerprint density at radius 3 is 1.95 bits per heavy atom. The first-order valence-corrected chi connectivity index (χ1v) is 22.6. The smallest absolute Gasteiger partial charge is 0.262 e. The Morgan fingerprint density at radius 2 is 1.31 bits per heavy atom. The molecule has 1 spiro atoms. The van der Waals surface area contributed by atoms with Gasteiger partial charge in [0, 0.05) is 111 Å². The molecule has 7 aliphatic heterocycles. The fraction of sp³-hybridized carbons (Fsp3) is 0.500. The minimum atomic E-state index is -0.978. The summed E-state index contributed by atoms with van der Waals surface area (Å²) in [6.07, 6.45) is 5.55. The summed E-state index contributed by atoms with van der Waals surface area (Å²) < 4.78 is 0. The van der Waals surface area contributed by atoms with Crippen molar-refractivity contribution < 1.29 is 24.0 Å². The van der Waals surface area contributed by atoms with Gasteiger partial charge in [-0.2, -0.15) is 5.26 Å². The summed E-state index contributed by atoms with van der Waals surface area (Å²) >= 11 is 6.35. The summed E-state index contributed by atoms with van der Waals surface area (Å²) in [5.41, 5.74) is 5.24. The van der Waals surface area contributed by atoms with Crippen LogP contribution in [0.3, 0.4) is 0 Å². The van der Waals surface area contributed by atoms with Crippen molar-refractivity contribution in [2.75, 3.05) is 80.1 Å². The van der Waals surface area contributed by atoms with E-state index in [1.807, 2.05) is 36.4 Å². The minimum Gasteiger partial charge on any atom is -0.371 e. The van der Waals surface area contributed by atoms with E-state index in [2.05, 4.69) is 61.9 Å². The molecule has 1 unspecified atom stereocenters. The van der Waals surface area contributed by atoms with Crippen LogP contribution in [0.4, 0.5) is 17.1 Å². The molecular formula is C48H53ClN8O5. The van der Waals surface area contributed by atoms with Crippen LogP contribution >= 0.6 is 11.6 Å². The molecule has 0 saturated carbocycles. The monoisotopic (exact) mass is 856 g/mol. The highest BCUT2D eigenvalue weighted by Gasteiger charge is 2.59. The molecule has 14 heteroatoms. The molecule has 10 rings (SSSR count). The number of halogens is 1. The van der Waals surface area contributed by atoms with Crippen LogP contribution < -0.4 is 20.0 Å². The van der Waals surface area contributed by atoms with Crippen LogP contribution in [0, 0.1) is 27.6 Å². The number of anilines is 3. The average molecular weight is 857 g/mol. The van der Waals surface area contributed by atoms with E-state index < -0.39 is 29.7 Å². The van der Waals surface area contributed by atoms with Crippen molar-refractivity contribution in [3.63, 3.8) is 0 Å². The van der Waals surface area contributed by atoms with Crippen molar-refractivity contribution in [2.24, 2.45) is 16.2 Å². The summed E-state index contributed by atoms with van der Waals surface area (Å²) in [6.45, 7) is 13.7. The van der Waals surface area contributed by atoms with Gasteiger partial charge >= 0.3 is 0 Å². The Morgan fingerprint density at radius 1 is 0.710 bits per heavy atom. The number of amides is 5. The van der Waals surface area contributed by atoms with Gasteiger partial charge in [-0.1, -0.05) is 25.4 Å². The predicted octanol–water partition coefficient (Wildman–Crippen LogP) is 5.56. The largest absolute Gasteiger partial charge is 0.371 e. The lowest BCUT2D eigenvalue weighted by molar-refractivity contribution is -0.136. The first-order valence-electron chi connectivity index (χ1n) is 22.2. The molecule has 62 heavy (non-hydrogen) atoms. The minimum absolute atomic E-state index is 0.0209. The van der Waals surface area contributed by atoms with Gasteiger partial charge in [-0.15, -0.1) is 0 Å². The molecule has 0 bridgehead atoms. The molecule has 5 amide bonds. The van der Waals surface area contributed by atoms with Gasteiger partial charge in [-0.05, 0) is 105 Å². The summed E-state index contributed by atoms with van der Waals surface area (Å²) in [6, 6.07) is 21.0. The standard InChI is InChI=1S/C48H53ClN8O5/c1-46-26-55(34-13-18-52(19-14-34)35-9-10-37-38(23-35)45(62)57(44(37)61)40-11-12-41(58)51-42(40)59)27-47(46,2)29-56(28-46)43(60)31-3-6-33(7-4-31)53-20-15-48(16-21-53)17-22-54(30-48)36-8-5-32(25-50)39(49)24-36/h3-10,23-24,34,40H,11-22,26-30H2,1-2H3,(H,51,58,59)/t40?,46-,47+. The fourth-order valence-electron chi connectivity index (χ4n) is 11.9. The molecule has 6 fully saturated rings. The molecule has 13 nitrogen and oxygen atoms in total. The lowest BCUT2D eigenvalue weighted by Gasteiger charge is -2.40. The average Bonchev–Trinajstić information content (AvgIpc) is 3.95. The van der Waals surface area contributed by atoms with Gasteiger partial charge in [0.2, 0.25) is 11.8 Å². The molecule has 3 aromatic carbocycles. The maximum absolute atomic E-state index is 14.0. The number of nitrogens with zero attached hydrogens (tertiary/aromatic N) is 7. The molecule has 0 aromatic heterocycles. The highest BCUT2D eigenvalue weighted by Crippen LogP contribution is 2.53. The van der Waals surface area contributed by atoms with Crippen molar-refractivity contribution in [2.45, 2.75) is 70.9 Å². The molecule has 7 heterocycles. The zero-order chi connectivity index (χ0) is 43.1. The number of benzene rings is 3. The Bertz CT molecular complexity index is 2400. The second-order valence-electron chi connectivity index (χ2n) is 19.6. The van der Waals surface area contributed by atoms with Crippen LogP contribution in [-0.2, 0) is 9.59 Å². The highest BCUT2D eigenvalue weighted by molar-refractivity contribution is 6.32. The van der Waals surface area contributed by atoms with E-state index in [1.165, 1.54) is 5.69 Å². The second-order valence-corrected chi connectivity index (χ2v) is 20.0. The van der Waals surface area contributed by atoms with Gasteiger partial charge in [-0.3, -0.25) is 39.1 Å². The third kappa shape index (κ3) is 6.81. The Balaban J connectivity index is 0.711. The van der Waals surface area contributed by atoms with Gasteiger partial charge in [0.1, 0.15) is 12.1 Å². The highest BCUT2D eigenvalue weighted by atomic mass is 35.5. The van der Waals surface area contributed by atoms with Gasteiger partial charge in [0.05, 0.1) is 21.7 Å². The molecular weight excluding hydrogens is 804 g/mol. The molecule has 0 radical (unpaired) electrons. The number of nitrogens with one attached hydrogen (secondary N) is 1. The van der Waals surface area contributed by atoms with Crippen molar-refractivity contribution in [3.05, 3.63) is 87.9 Å². The van der Waals surface area contributed by atoms with Crippen LogP contribution in [0.5, 0.6) is 0 Å². The lowest BCUT2D eigenvalue weighted by Crippen LogP contribution is -2.54. The van der Waals surface area contributed by atoms with Crippen molar-refractivity contribution in [1.82, 2.24) is 20.0 Å². The van der Waals surface area contributed by atoms with Crippen molar-refractivity contribution >= 4 is 58.2 Å². The molecule has 1 N–H and O–H groups in total. The molecule has 0 aliphatic carbocycles. The number of piperidine rings is 3. The SMILES string of the molecule is C[C@@]12CN(C(=O)c3ccc(N4CCC5(CC4)CCN(c4ccc(C#N)c(Cl)c4)C5)cc3)C[C@]1(C)CN(C1CCN(c3ccc4c(c3)C(=O)N(C3CCC(=O)NC3=O)C4=O)CC1)C2. The number of hydrogen-bond donors (Lipinski definition) is 1. The Hall–Kier alpha value is -5.45. The molecule has 6 saturated heterocycles. The first kappa shape index (κ1) is 40.6. The number of hydrogen-bond acceptors (Lipinski definition) is 10. The number of imide groups is 2. The zero-order valence-electron chi connectivity index (χ0n) is 35.5. The normalized spacial score (nSPS) is 27.6. The van der Waals surface area contributed by atoms with Crippen molar-refractivity contribution in [3.8, 4) is 6.07 Å². The number of carbonyl (C=O) groups is 5.